The zero-order valence-corrected chi connectivity index (χ0v) is 9.76. The molecule has 0 atom stereocenters. The molecule has 0 aromatic carbocycles. The molecule has 0 N–H and O–H groups in total. The van der Waals surface area contributed by atoms with Gasteiger partial charge in [-0.05, 0) is 38.5 Å². The fourth-order valence-electron chi connectivity index (χ4n) is 2.07. The molecule has 86 valence electrons. The zero-order valence-electron chi connectivity index (χ0n) is 9.76. The summed E-state index contributed by atoms with van der Waals surface area (Å²) in [5.74, 6) is 0.315. The van der Waals surface area contributed by atoms with Gasteiger partial charge in [-0.2, -0.15) is 0 Å². The highest BCUT2D eigenvalue weighted by atomic mass is 16.5. The van der Waals surface area contributed by atoms with E-state index in [1.54, 1.807) is 7.11 Å². The SMILES string of the molecule is C=CCCCCCC(=O)C1(OC)CCC1. The zero-order chi connectivity index (χ0) is 11.1. The van der Waals surface area contributed by atoms with E-state index in [4.69, 9.17) is 4.74 Å². The minimum absolute atomic E-state index is 0.315. The van der Waals surface area contributed by atoms with Crippen LogP contribution < -0.4 is 0 Å². The molecule has 0 aromatic rings. The quantitative estimate of drug-likeness (QED) is 0.454. The van der Waals surface area contributed by atoms with Crippen LogP contribution in [-0.2, 0) is 9.53 Å². The summed E-state index contributed by atoms with van der Waals surface area (Å²) in [5.41, 5.74) is -0.390. The van der Waals surface area contributed by atoms with Crippen molar-refractivity contribution >= 4 is 5.78 Å². The van der Waals surface area contributed by atoms with Crippen molar-refractivity contribution < 1.29 is 9.53 Å². The minimum atomic E-state index is -0.390. The summed E-state index contributed by atoms with van der Waals surface area (Å²) in [7, 11) is 1.66. The van der Waals surface area contributed by atoms with Crippen LogP contribution in [0.2, 0.25) is 0 Å². The predicted molar refractivity (Wildman–Crippen MR) is 61.9 cm³/mol. The molecule has 1 rings (SSSR count). The first-order chi connectivity index (χ1) is 7.25. The number of allylic oxidation sites excluding steroid dienone is 1. The Kier molecular flexibility index (Phi) is 5.03. The van der Waals surface area contributed by atoms with Crippen LogP contribution in [0.25, 0.3) is 0 Å². The number of hydrogen-bond donors (Lipinski definition) is 0. The van der Waals surface area contributed by atoms with Crippen LogP contribution in [0.1, 0.15) is 51.4 Å². The standard InChI is InChI=1S/C13H22O2/c1-3-4-5-6-7-9-12(14)13(15-2)10-8-11-13/h3H,1,4-11H2,2H3. The van der Waals surface area contributed by atoms with E-state index >= 15 is 0 Å². The summed E-state index contributed by atoms with van der Waals surface area (Å²) < 4.78 is 5.35. The number of ketones is 1. The Balaban J connectivity index is 2.15. The molecule has 0 unspecified atom stereocenters. The van der Waals surface area contributed by atoms with Gasteiger partial charge >= 0.3 is 0 Å². The van der Waals surface area contributed by atoms with Crippen LogP contribution in [0.5, 0.6) is 0 Å². The molecule has 2 nitrogen and oxygen atoms in total. The molecule has 1 saturated carbocycles. The van der Waals surface area contributed by atoms with Crippen molar-refractivity contribution in [1.82, 2.24) is 0 Å². The highest BCUT2D eigenvalue weighted by Gasteiger charge is 2.43. The van der Waals surface area contributed by atoms with Crippen molar-refractivity contribution in [3.05, 3.63) is 12.7 Å². The average Bonchev–Trinajstić information content (AvgIpc) is 2.17. The number of carbonyl (C=O) groups is 1. The smallest absolute Gasteiger partial charge is 0.164 e. The Morgan fingerprint density at radius 1 is 1.40 bits per heavy atom. The third kappa shape index (κ3) is 3.16. The van der Waals surface area contributed by atoms with Crippen LogP contribution in [0.15, 0.2) is 12.7 Å². The first-order valence-electron chi connectivity index (χ1n) is 5.94. The van der Waals surface area contributed by atoms with Crippen molar-refractivity contribution in [2.24, 2.45) is 0 Å². The normalized spacial score (nSPS) is 18.2. The lowest BCUT2D eigenvalue weighted by Gasteiger charge is -2.38. The largest absolute Gasteiger partial charge is 0.370 e. The Bertz CT molecular complexity index is 211. The lowest BCUT2D eigenvalue weighted by molar-refractivity contribution is -0.151. The minimum Gasteiger partial charge on any atom is -0.370 e. The van der Waals surface area contributed by atoms with Gasteiger partial charge in [0.25, 0.3) is 0 Å². The second-order valence-electron chi connectivity index (χ2n) is 4.36. The number of ether oxygens (including phenoxy) is 1. The summed E-state index contributed by atoms with van der Waals surface area (Å²) in [6, 6.07) is 0. The maximum absolute atomic E-state index is 11.9. The van der Waals surface area contributed by atoms with E-state index in [0.717, 1.165) is 44.9 Å². The third-order valence-corrected chi connectivity index (χ3v) is 3.37. The van der Waals surface area contributed by atoms with E-state index in [1.807, 2.05) is 6.08 Å². The molecule has 2 heteroatoms. The van der Waals surface area contributed by atoms with Crippen molar-refractivity contribution in [2.75, 3.05) is 7.11 Å². The van der Waals surface area contributed by atoms with Gasteiger partial charge in [0.05, 0.1) is 0 Å². The van der Waals surface area contributed by atoms with Crippen LogP contribution in [0.3, 0.4) is 0 Å². The van der Waals surface area contributed by atoms with E-state index in [1.165, 1.54) is 0 Å². The monoisotopic (exact) mass is 210 g/mol. The van der Waals surface area contributed by atoms with Crippen LogP contribution >= 0.6 is 0 Å². The molecule has 0 spiro atoms. The van der Waals surface area contributed by atoms with Gasteiger partial charge in [0.2, 0.25) is 0 Å². The summed E-state index contributed by atoms with van der Waals surface area (Å²) >= 11 is 0. The topological polar surface area (TPSA) is 26.3 Å². The fourth-order valence-corrected chi connectivity index (χ4v) is 2.07. The van der Waals surface area contributed by atoms with Gasteiger partial charge in [-0.25, -0.2) is 0 Å². The molecule has 15 heavy (non-hydrogen) atoms. The van der Waals surface area contributed by atoms with Crippen molar-refractivity contribution in [3.63, 3.8) is 0 Å². The van der Waals surface area contributed by atoms with Gasteiger partial charge in [-0.3, -0.25) is 4.79 Å². The highest BCUT2D eigenvalue weighted by Crippen LogP contribution is 2.37. The predicted octanol–water partition coefficient (Wildman–Crippen LogP) is 3.26. The third-order valence-electron chi connectivity index (χ3n) is 3.37. The first kappa shape index (κ1) is 12.4. The van der Waals surface area contributed by atoms with Crippen molar-refractivity contribution in [1.29, 1.82) is 0 Å². The van der Waals surface area contributed by atoms with Crippen molar-refractivity contribution in [3.8, 4) is 0 Å². The molecular formula is C13H22O2. The maximum atomic E-state index is 11.9. The fraction of sp³-hybridized carbons (Fsp3) is 0.769. The van der Waals surface area contributed by atoms with Gasteiger partial charge in [0.1, 0.15) is 5.60 Å². The van der Waals surface area contributed by atoms with Gasteiger partial charge in [0.15, 0.2) is 5.78 Å². The molecule has 1 fully saturated rings. The van der Waals surface area contributed by atoms with Gasteiger partial charge in [0, 0.05) is 13.5 Å². The number of unbranched alkanes of at least 4 members (excludes halogenated alkanes) is 3. The highest BCUT2D eigenvalue weighted by molar-refractivity contribution is 5.88. The molecule has 0 amide bonds. The number of rotatable bonds is 8. The lowest BCUT2D eigenvalue weighted by atomic mass is 9.75. The Labute approximate surface area is 92.7 Å². The van der Waals surface area contributed by atoms with E-state index in [0.29, 0.717) is 12.2 Å². The second-order valence-corrected chi connectivity index (χ2v) is 4.36. The Morgan fingerprint density at radius 2 is 2.13 bits per heavy atom. The van der Waals surface area contributed by atoms with Crippen LogP contribution in [0, 0.1) is 0 Å². The maximum Gasteiger partial charge on any atom is 0.164 e. The molecule has 0 radical (unpaired) electrons. The van der Waals surface area contributed by atoms with Crippen LogP contribution in [0.4, 0.5) is 0 Å². The second kappa shape index (κ2) is 6.06. The molecule has 0 aromatic heterocycles. The lowest BCUT2D eigenvalue weighted by Crippen LogP contribution is -2.46. The van der Waals surface area contributed by atoms with Gasteiger partial charge < -0.3 is 4.74 Å². The molecule has 0 aliphatic heterocycles. The van der Waals surface area contributed by atoms with Gasteiger partial charge in [-0.15, -0.1) is 6.58 Å². The van der Waals surface area contributed by atoms with Crippen LogP contribution in [-0.4, -0.2) is 18.5 Å². The molecule has 0 saturated heterocycles. The average molecular weight is 210 g/mol. The molecule has 1 aliphatic carbocycles. The summed E-state index contributed by atoms with van der Waals surface area (Å²) in [4.78, 5) is 11.9. The van der Waals surface area contributed by atoms with E-state index in [9.17, 15) is 4.79 Å². The number of carbonyl (C=O) groups excluding carboxylic acids is 1. The summed E-state index contributed by atoms with van der Waals surface area (Å²) in [6.45, 7) is 3.68. The Hall–Kier alpha value is -0.630. The Morgan fingerprint density at radius 3 is 2.60 bits per heavy atom. The van der Waals surface area contributed by atoms with E-state index in [-0.39, 0.29) is 0 Å². The summed E-state index contributed by atoms with van der Waals surface area (Å²) in [5, 5.41) is 0. The molecule has 0 bridgehead atoms. The summed E-state index contributed by atoms with van der Waals surface area (Å²) in [6.07, 6.45) is 9.94. The van der Waals surface area contributed by atoms with E-state index < -0.39 is 5.60 Å². The van der Waals surface area contributed by atoms with Crippen molar-refractivity contribution in [2.45, 2.75) is 57.0 Å². The molecule has 0 heterocycles. The molecular weight excluding hydrogens is 188 g/mol. The van der Waals surface area contributed by atoms with Gasteiger partial charge in [-0.1, -0.05) is 12.5 Å². The van der Waals surface area contributed by atoms with E-state index in [2.05, 4.69) is 6.58 Å². The number of Topliss-reactive ketones (excluding diaryl/α,β-unsaturated/α-hetero) is 1. The molecule has 1 aliphatic rings. The number of methoxy groups -OCH3 is 1. The first-order valence-corrected chi connectivity index (χ1v) is 5.94. The number of hydrogen-bond acceptors (Lipinski definition) is 2.